The maximum atomic E-state index is 10.5. The Kier molecular flexibility index (Phi) is 3.41. The van der Waals surface area contributed by atoms with Crippen LogP contribution >= 0.6 is 11.9 Å². The highest BCUT2D eigenvalue weighted by atomic mass is 32.2. The van der Waals surface area contributed by atoms with Gasteiger partial charge in [0.1, 0.15) is 0 Å². The molecular weight excluding hydrogens is 236 g/mol. The van der Waals surface area contributed by atoms with Crippen molar-refractivity contribution < 1.29 is 4.92 Å². The van der Waals surface area contributed by atoms with E-state index in [1.165, 1.54) is 24.1 Å². The van der Waals surface area contributed by atoms with E-state index in [4.69, 9.17) is 5.14 Å². The minimum Gasteiger partial charge on any atom is -0.274 e. The third kappa shape index (κ3) is 2.64. The first-order valence-corrected chi connectivity index (χ1v) is 5.80. The van der Waals surface area contributed by atoms with Gasteiger partial charge in [-0.1, -0.05) is 12.1 Å². The summed E-state index contributed by atoms with van der Waals surface area (Å²) in [5.74, 6) is 0. The maximum Gasteiger partial charge on any atom is 0.269 e. The first-order valence-electron chi connectivity index (χ1n) is 4.92. The number of non-ortho nitro benzene ring substituents is 1. The molecule has 5 heteroatoms. The number of hydrogen-bond donors (Lipinski definition) is 1. The Balaban J connectivity index is 2.29. The zero-order valence-corrected chi connectivity index (χ0v) is 9.68. The first-order chi connectivity index (χ1) is 8.20. The van der Waals surface area contributed by atoms with E-state index in [0.29, 0.717) is 0 Å². The minimum atomic E-state index is -0.405. The minimum absolute atomic E-state index is 0.0999. The average molecular weight is 246 g/mol. The van der Waals surface area contributed by atoms with Crippen LogP contribution in [0.5, 0.6) is 0 Å². The summed E-state index contributed by atoms with van der Waals surface area (Å²) in [5, 5.41) is 16.0. The smallest absolute Gasteiger partial charge is 0.269 e. The Labute approximate surface area is 103 Å². The molecule has 17 heavy (non-hydrogen) atoms. The predicted octanol–water partition coefficient (Wildman–Crippen LogP) is 3.23. The molecule has 0 radical (unpaired) electrons. The van der Waals surface area contributed by atoms with Crippen molar-refractivity contribution >= 4 is 17.6 Å². The lowest BCUT2D eigenvalue weighted by molar-refractivity contribution is -0.384. The second-order valence-corrected chi connectivity index (χ2v) is 4.15. The van der Waals surface area contributed by atoms with E-state index < -0.39 is 4.92 Å². The number of nitro groups is 1. The molecule has 0 unspecified atom stereocenters. The van der Waals surface area contributed by atoms with E-state index in [2.05, 4.69) is 0 Å². The zero-order valence-electron chi connectivity index (χ0n) is 8.87. The van der Waals surface area contributed by atoms with E-state index in [0.717, 1.165) is 16.0 Å². The lowest BCUT2D eigenvalue weighted by atomic mass is 10.1. The van der Waals surface area contributed by atoms with Gasteiger partial charge in [0.2, 0.25) is 0 Å². The fourth-order valence-corrected chi connectivity index (χ4v) is 1.79. The molecule has 0 spiro atoms. The van der Waals surface area contributed by atoms with Crippen LogP contribution in [0.25, 0.3) is 11.1 Å². The van der Waals surface area contributed by atoms with Crippen molar-refractivity contribution in [2.75, 3.05) is 0 Å². The Morgan fingerprint density at radius 2 is 1.41 bits per heavy atom. The third-order valence-electron chi connectivity index (χ3n) is 2.40. The largest absolute Gasteiger partial charge is 0.274 e. The summed E-state index contributed by atoms with van der Waals surface area (Å²) < 4.78 is 0. The van der Waals surface area contributed by atoms with Crippen molar-refractivity contribution in [2.45, 2.75) is 4.90 Å². The van der Waals surface area contributed by atoms with E-state index in [1.807, 2.05) is 24.3 Å². The molecular formula is C12H10N2O2S. The van der Waals surface area contributed by atoms with Crippen molar-refractivity contribution in [3.05, 3.63) is 58.6 Å². The van der Waals surface area contributed by atoms with Gasteiger partial charge in [-0.3, -0.25) is 15.3 Å². The van der Waals surface area contributed by atoms with Gasteiger partial charge in [0.05, 0.1) is 4.92 Å². The van der Waals surface area contributed by atoms with Gasteiger partial charge in [-0.05, 0) is 47.3 Å². The van der Waals surface area contributed by atoms with Gasteiger partial charge in [0, 0.05) is 17.0 Å². The number of hydrogen-bond acceptors (Lipinski definition) is 4. The summed E-state index contributed by atoms with van der Waals surface area (Å²) in [4.78, 5) is 11.1. The molecule has 0 aliphatic rings. The molecule has 2 aromatic carbocycles. The fourth-order valence-electron chi connectivity index (χ4n) is 1.50. The molecule has 0 atom stereocenters. The highest BCUT2D eigenvalue weighted by Gasteiger charge is 2.04. The van der Waals surface area contributed by atoms with Crippen molar-refractivity contribution in [1.29, 1.82) is 0 Å². The SMILES string of the molecule is NSc1ccc(-c2ccc([N+](=O)[O-])cc2)cc1. The zero-order chi connectivity index (χ0) is 12.3. The quantitative estimate of drug-likeness (QED) is 0.513. The second kappa shape index (κ2) is 4.99. The van der Waals surface area contributed by atoms with Crippen LogP contribution in [0.2, 0.25) is 0 Å². The Morgan fingerprint density at radius 3 is 1.82 bits per heavy atom. The number of nitro benzene ring substituents is 1. The monoisotopic (exact) mass is 246 g/mol. The molecule has 2 N–H and O–H groups in total. The average Bonchev–Trinajstić information content (AvgIpc) is 2.39. The van der Waals surface area contributed by atoms with Crippen molar-refractivity contribution in [1.82, 2.24) is 0 Å². The molecule has 2 aromatic rings. The topological polar surface area (TPSA) is 69.2 Å². The number of rotatable bonds is 3. The number of nitrogens with zero attached hydrogens (tertiary/aromatic N) is 1. The van der Waals surface area contributed by atoms with Crippen LogP contribution in [0.1, 0.15) is 0 Å². The van der Waals surface area contributed by atoms with Gasteiger partial charge in [0.15, 0.2) is 0 Å². The van der Waals surface area contributed by atoms with E-state index in [9.17, 15) is 10.1 Å². The molecule has 4 nitrogen and oxygen atoms in total. The third-order valence-corrected chi connectivity index (χ3v) is 2.95. The van der Waals surface area contributed by atoms with Gasteiger partial charge >= 0.3 is 0 Å². The summed E-state index contributed by atoms with van der Waals surface area (Å²) in [7, 11) is 0. The predicted molar refractivity (Wildman–Crippen MR) is 68.6 cm³/mol. The van der Waals surface area contributed by atoms with Gasteiger partial charge in [-0.2, -0.15) is 0 Å². The summed E-state index contributed by atoms with van der Waals surface area (Å²) >= 11 is 1.19. The summed E-state index contributed by atoms with van der Waals surface area (Å²) in [6.45, 7) is 0. The highest BCUT2D eigenvalue weighted by molar-refractivity contribution is 7.97. The van der Waals surface area contributed by atoms with Crippen molar-refractivity contribution in [3.8, 4) is 11.1 Å². The Bertz CT molecular complexity index is 523. The highest BCUT2D eigenvalue weighted by Crippen LogP contribution is 2.24. The summed E-state index contributed by atoms with van der Waals surface area (Å²) in [6, 6.07) is 14.2. The van der Waals surface area contributed by atoms with Crippen molar-refractivity contribution in [3.63, 3.8) is 0 Å². The molecule has 0 saturated carbocycles. The van der Waals surface area contributed by atoms with E-state index in [1.54, 1.807) is 12.1 Å². The molecule has 0 bridgehead atoms. The number of nitrogens with two attached hydrogens (primary N) is 1. The van der Waals surface area contributed by atoms with Crippen LogP contribution in [0.4, 0.5) is 5.69 Å². The Morgan fingerprint density at radius 1 is 0.941 bits per heavy atom. The lowest BCUT2D eigenvalue weighted by Crippen LogP contribution is -1.87. The maximum absolute atomic E-state index is 10.5. The summed E-state index contributed by atoms with van der Waals surface area (Å²) in [5.41, 5.74) is 2.06. The molecule has 0 aliphatic carbocycles. The standard InChI is InChI=1S/C12H10N2O2S/c13-17-12-7-3-10(4-8-12)9-1-5-11(6-2-9)14(15)16/h1-8H,13H2. The molecule has 0 aliphatic heterocycles. The molecule has 0 saturated heterocycles. The fraction of sp³-hybridized carbons (Fsp3) is 0. The molecule has 2 rings (SSSR count). The molecule has 0 aromatic heterocycles. The van der Waals surface area contributed by atoms with Crippen LogP contribution in [0.3, 0.4) is 0 Å². The van der Waals surface area contributed by atoms with Crippen LogP contribution in [-0.2, 0) is 0 Å². The van der Waals surface area contributed by atoms with Crippen LogP contribution < -0.4 is 5.14 Å². The van der Waals surface area contributed by atoms with Crippen LogP contribution in [0, 0.1) is 10.1 Å². The molecule has 0 amide bonds. The van der Waals surface area contributed by atoms with Crippen molar-refractivity contribution in [2.24, 2.45) is 5.14 Å². The van der Waals surface area contributed by atoms with E-state index in [-0.39, 0.29) is 5.69 Å². The van der Waals surface area contributed by atoms with Crippen LogP contribution in [0.15, 0.2) is 53.4 Å². The van der Waals surface area contributed by atoms with Gasteiger partial charge in [-0.15, -0.1) is 0 Å². The van der Waals surface area contributed by atoms with E-state index >= 15 is 0 Å². The summed E-state index contributed by atoms with van der Waals surface area (Å²) in [6.07, 6.45) is 0. The first kappa shape index (κ1) is 11.6. The van der Waals surface area contributed by atoms with Gasteiger partial charge in [-0.25, -0.2) is 0 Å². The number of benzene rings is 2. The second-order valence-electron chi connectivity index (χ2n) is 3.45. The normalized spacial score (nSPS) is 10.2. The van der Waals surface area contributed by atoms with Gasteiger partial charge in [0.25, 0.3) is 5.69 Å². The molecule has 86 valence electrons. The lowest BCUT2D eigenvalue weighted by Gasteiger charge is -2.02. The Hall–Kier alpha value is -1.85. The molecule has 0 heterocycles. The van der Waals surface area contributed by atoms with Crippen LogP contribution in [-0.4, -0.2) is 4.92 Å². The molecule has 0 fully saturated rings. The van der Waals surface area contributed by atoms with Gasteiger partial charge < -0.3 is 0 Å².